The van der Waals surface area contributed by atoms with E-state index in [2.05, 4.69) is 15.3 Å². The lowest BCUT2D eigenvalue weighted by Crippen LogP contribution is -2.07. The first-order valence-electron chi connectivity index (χ1n) is 4.16. The molecule has 0 unspecified atom stereocenters. The summed E-state index contributed by atoms with van der Waals surface area (Å²) in [7, 11) is 0. The fourth-order valence-electron chi connectivity index (χ4n) is 1.13. The zero-order chi connectivity index (χ0) is 11.7. The number of nitrogen functional groups attached to an aromatic ring is 1. The Balaban J connectivity index is 2.49. The van der Waals surface area contributed by atoms with Crippen LogP contribution >= 0.6 is 11.6 Å². The molecule has 0 amide bonds. The van der Waals surface area contributed by atoms with Gasteiger partial charge in [0.05, 0.1) is 6.20 Å². The second-order valence-electron chi connectivity index (χ2n) is 2.87. The van der Waals surface area contributed by atoms with Crippen molar-refractivity contribution in [3.05, 3.63) is 29.0 Å². The number of nitrogens with zero attached hydrogens (tertiary/aromatic N) is 4. The Labute approximate surface area is 94.5 Å². The van der Waals surface area contributed by atoms with E-state index in [0.29, 0.717) is 5.82 Å². The molecule has 0 bridgehead atoms. The molecule has 7 nitrogen and oxygen atoms in total. The molecule has 0 aliphatic heterocycles. The number of aromatic nitrogens is 4. The van der Waals surface area contributed by atoms with Gasteiger partial charge in [-0.2, -0.15) is 9.78 Å². The van der Waals surface area contributed by atoms with Crippen molar-refractivity contribution in [1.82, 2.24) is 20.0 Å². The molecule has 8 heteroatoms. The van der Waals surface area contributed by atoms with Crippen LogP contribution in [0.1, 0.15) is 10.4 Å². The van der Waals surface area contributed by atoms with Gasteiger partial charge in [-0.25, -0.2) is 4.79 Å². The average molecular weight is 240 g/mol. The monoisotopic (exact) mass is 239 g/mol. The van der Waals surface area contributed by atoms with E-state index in [1.165, 1.54) is 16.8 Å². The minimum Gasteiger partial charge on any atom is -0.477 e. The third-order valence-electron chi connectivity index (χ3n) is 1.87. The second kappa shape index (κ2) is 3.78. The predicted molar refractivity (Wildman–Crippen MR) is 55.5 cm³/mol. The van der Waals surface area contributed by atoms with E-state index in [4.69, 9.17) is 22.4 Å². The molecule has 0 atom stereocenters. The van der Waals surface area contributed by atoms with E-state index in [1.807, 2.05) is 0 Å². The van der Waals surface area contributed by atoms with E-state index < -0.39 is 5.97 Å². The van der Waals surface area contributed by atoms with Crippen molar-refractivity contribution in [2.75, 3.05) is 5.73 Å². The lowest BCUT2D eigenvalue weighted by Gasteiger charge is -2.01. The van der Waals surface area contributed by atoms with Gasteiger partial charge in [0.25, 0.3) is 0 Å². The van der Waals surface area contributed by atoms with Gasteiger partial charge in [0.15, 0.2) is 11.0 Å². The second-order valence-corrected chi connectivity index (χ2v) is 3.26. The normalized spacial score (nSPS) is 10.3. The summed E-state index contributed by atoms with van der Waals surface area (Å²) in [6.45, 7) is 0. The summed E-state index contributed by atoms with van der Waals surface area (Å²) in [4.78, 5) is 10.7. The topological polar surface area (TPSA) is 107 Å². The van der Waals surface area contributed by atoms with Crippen LogP contribution in [0.3, 0.4) is 0 Å². The Morgan fingerprint density at radius 2 is 2.19 bits per heavy atom. The number of hydrogen-bond acceptors (Lipinski definition) is 5. The van der Waals surface area contributed by atoms with Crippen LogP contribution in [0.4, 0.5) is 5.82 Å². The molecule has 0 fully saturated rings. The lowest BCUT2D eigenvalue weighted by atomic mass is 10.3. The van der Waals surface area contributed by atoms with Crippen LogP contribution in [-0.4, -0.2) is 31.1 Å². The Hall–Kier alpha value is -2.15. The number of hydrogen-bond donors (Lipinski definition) is 2. The van der Waals surface area contributed by atoms with Gasteiger partial charge in [-0.15, -0.1) is 10.2 Å². The summed E-state index contributed by atoms with van der Waals surface area (Å²) in [5.41, 5.74) is 5.51. The molecule has 16 heavy (non-hydrogen) atoms. The first-order valence-corrected chi connectivity index (χ1v) is 4.54. The Bertz CT molecular complexity index is 536. The SMILES string of the molecule is Nc1c(C(=O)O)cnn1-c1ccc(Cl)nn1. The fourth-order valence-corrected chi connectivity index (χ4v) is 1.23. The predicted octanol–water partition coefficient (Wildman–Crippen LogP) is 0.596. The van der Waals surface area contributed by atoms with E-state index >= 15 is 0 Å². The van der Waals surface area contributed by atoms with Crippen molar-refractivity contribution in [3.63, 3.8) is 0 Å². The third-order valence-corrected chi connectivity index (χ3v) is 2.07. The van der Waals surface area contributed by atoms with Crippen molar-refractivity contribution < 1.29 is 9.90 Å². The summed E-state index contributed by atoms with van der Waals surface area (Å²) in [5.74, 6) is -0.857. The van der Waals surface area contributed by atoms with Crippen LogP contribution < -0.4 is 5.73 Å². The number of anilines is 1. The number of nitrogens with two attached hydrogens (primary N) is 1. The molecule has 0 aromatic carbocycles. The summed E-state index contributed by atoms with van der Waals surface area (Å²) in [5, 5.41) is 20.1. The summed E-state index contributed by atoms with van der Waals surface area (Å²) in [6, 6.07) is 3.04. The number of halogens is 1. The Kier molecular flexibility index (Phi) is 2.45. The van der Waals surface area contributed by atoms with Gasteiger partial charge in [-0.3, -0.25) is 0 Å². The maximum absolute atomic E-state index is 10.7. The molecule has 3 N–H and O–H groups in total. The smallest absolute Gasteiger partial charge is 0.341 e. The van der Waals surface area contributed by atoms with Gasteiger partial charge < -0.3 is 10.8 Å². The first-order chi connectivity index (χ1) is 7.59. The Morgan fingerprint density at radius 3 is 2.69 bits per heavy atom. The lowest BCUT2D eigenvalue weighted by molar-refractivity contribution is 0.0698. The van der Waals surface area contributed by atoms with Crippen molar-refractivity contribution in [2.45, 2.75) is 0 Å². The van der Waals surface area contributed by atoms with Crippen molar-refractivity contribution in [3.8, 4) is 5.82 Å². The number of aromatic carboxylic acids is 1. The molecule has 2 rings (SSSR count). The van der Waals surface area contributed by atoms with Crippen LogP contribution in [0.5, 0.6) is 0 Å². The van der Waals surface area contributed by atoms with Crippen LogP contribution in [0, 0.1) is 0 Å². The molecule has 2 aromatic rings. The highest BCUT2D eigenvalue weighted by molar-refractivity contribution is 6.29. The van der Waals surface area contributed by atoms with Gasteiger partial charge >= 0.3 is 5.97 Å². The standard InChI is InChI=1S/C8H6ClN5O2/c9-5-1-2-6(13-12-5)14-7(10)4(3-11-14)8(15)16/h1-3H,10H2,(H,15,16). The zero-order valence-corrected chi connectivity index (χ0v) is 8.59. The van der Waals surface area contributed by atoms with Crippen molar-refractivity contribution >= 4 is 23.4 Å². The molecule has 2 heterocycles. The van der Waals surface area contributed by atoms with E-state index in [-0.39, 0.29) is 16.5 Å². The molecular weight excluding hydrogens is 234 g/mol. The zero-order valence-electron chi connectivity index (χ0n) is 7.83. The minimum atomic E-state index is -1.15. The fraction of sp³-hybridized carbons (Fsp3) is 0. The quantitative estimate of drug-likeness (QED) is 0.795. The van der Waals surface area contributed by atoms with E-state index in [9.17, 15) is 4.79 Å². The molecule has 0 aliphatic carbocycles. The van der Waals surface area contributed by atoms with Crippen molar-refractivity contribution in [2.24, 2.45) is 0 Å². The van der Waals surface area contributed by atoms with E-state index in [0.717, 1.165) is 6.20 Å². The third kappa shape index (κ3) is 1.68. The number of rotatable bonds is 2. The van der Waals surface area contributed by atoms with Gasteiger partial charge in [0.2, 0.25) is 0 Å². The van der Waals surface area contributed by atoms with Crippen molar-refractivity contribution in [1.29, 1.82) is 0 Å². The van der Waals surface area contributed by atoms with Crippen LogP contribution in [0.25, 0.3) is 5.82 Å². The number of carboxylic acid groups (broad SMARTS) is 1. The number of carbonyl (C=O) groups is 1. The highest BCUT2D eigenvalue weighted by atomic mass is 35.5. The summed E-state index contributed by atoms with van der Waals surface area (Å²) in [6.07, 6.45) is 1.15. The first kappa shape index (κ1) is 10.4. The van der Waals surface area contributed by atoms with E-state index in [1.54, 1.807) is 0 Å². The van der Waals surface area contributed by atoms with Crippen LogP contribution in [0.15, 0.2) is 18.3 Å². The molecule has 0 spiro atoms. The molecule has 0 saturated heterocycles. The highest BCUT2D eigenvalue weighted by Crippen LogP contribution is 2.15. The molecule has 0 saturated carbocycles. The van der Waals surface area contributed by atoms with Gasteiger partial charge in [-0.05, 0) is 12.1 Å². The summed E-state index contributed by atoms with van der Waals surface area (Å²) >= 11 is 5.57. The van der Waals surface area contributed by atoms with Crippen LogP contribution in [-0.2, 0) is 0 Å². The van der Waals surface area contributed by atoms with Gasteiger partial charge in [0, 0.05) is 0 Å². The largest absolute Gasteiger partial charge is 0.477 e. The average Bonchev–Trinajstić information content (AvgIpc) is 2.61. The molecule has 82 valence electrons. The molecule has 2 aromatic heterocycles. The molecule has 0 radical (unpaired) electrons. The minimum absolute atomic E-state index is 0.0101. The Morgan fingerprint density at radius 1 is 1.44 bits per heavy atom. The number of carboxylic acids is 1. The maximum atomic E-state index is 10.7. The molecular formula is C8H6ClN5O2. The van der Waals surface area contributed by atoms with Gasteiger partial charge in [-0.1, -0.05) is 11.6 Å². The molecule has 0 aliphatic rings. The maximum Gasteiger partial charge on any atom is 0.341 e. The van der Waals surface area contributed by atoms with Crippen LogP contribution in [0.2, 0.25) is 5.15 Å². The summed E-state index contributed by atoms with van der Waals surface area (Å²) < 4.78 is 1.17. The van der Waals surface area contributed by atoms with Gasteiger partial charge in [0.1, 0.15) is 11.4 Å². The highest BCUT2D eigenvalue weighted by Gasteiger charge is 2.15.